The lowest BCUT2D eigenvalue weighted by Gasteiger charge is -2.33. The number of hydrogen-bond donors (Lipinski definition) is 2. The number of urea groups is 1. The van der Waals surface area contributed by atoms with Gasteiger partial charge in [0.1, 0.15) is 0 Å². The summed E-state index contributed by atoms with van der Waals surface area (Å²) in [5.41, 5.74) is 5.56. The Kier molecular flexibility index (Phi) is 4.66. The highest BCUT2D eigenvalue weighted by Gasteiger charge is 2.28. The number of nitrogens with two attached hydrogens (primary N) is 1. The van der Waals surface area contributed by atoms with Crippen LogP contribution in [0.2, 0.25) is 0 Å². The molecule has 98 valence electrons. The molecule has 0 aromatic rings. The molecule has 0 saturated heterocycles. The summed E-state index contributed by atoms with van der Waals surface area (Å²) in [7, 11) is 0. The van der Waals surface area contributed by atoms with E-state index in [4.69, 9.17) is 5.73 Å². The van der Waals surface area contributed by atoms with Crippen LogP contribution in [0, 0.1) is 0 Å². The molecular formula is C13H25N3O. The summed E-state index contributed by atoms with van der Waals surface area (Å²) in [6.07, 6.45) is 9.35. The summed E-state index contributed by atoms with van der Waals surface area (Å²) < 4.78 is 0. The van der Waals surface area contributed by atoms with Crippen molar-refractivity contribution in [2.75, 3.05) is 13.1 Å². The minimum atomic E-state index is 0.148. The van der Waals surface area contributed by atoms with Gasteiger partial charge < -0.3 is 16.0 Å². The van der Waals surface area contributed by atoms with Crippen molar-refractivity contribution >= 4 is 6.03 Å². The van der Waals surface area contributed by atoms with E-state index in [0.717, 1.165) is 25.8 Å². The van der Waals surface area contributed by atoms with Gasteiger partial charge in [0.2, 0.25) is 0 Å². The summed E-state index contributed by atoms with van der Waals surface area (Å²) in [4.78, 5) is 14.3. The van der Waals surface area contributed by atoms with E-state index >= 15 is 0 Å². The Labute approximate surface area is 104 Å². The number of nitrogens with one attached hydrogen (secondary N) is 1. The molecule has 2 amide bonds. The van der Waals surface area contributed by atoms with Crippen molar-refractivity contribution in [3.63, 3.8) is 0 Å². The number of carbonyl (C=O) groups is 1. The third kappa shape index (κ3) is 3.35. The van der Waals surface area contributed by atoms with Crippen molar-refractivity contribution in [3.05, 3.63) is 0 Å². The molecule has 2 rings (SSSR count). The van der Waals surface area contributed by atoms with Crippen LogP contribution >= 0.6 is 0 Å². The highest BCUT2D eigenvalue weighted by atomic mass is 16.2. The summed E-state index contributed by atoms with van der Waals surface area (Å²) in [6, 6.07) is 1.04. The zero-order valence-corrected chi connectivity index (χ0v) is 10.7. The van der Waals surface area contributed by atoms with Gasteiger partial charge in [-0.25, -0.2) is 4.79 Å². The lowest BCUT2D eigenvalue weighted by Crippen LogP contribution is -2.50. The summed E-state index contributed by atoms with van der Waals surface area (Å²) >= 11 is 0. The van der Waals surface area contributed by atoms with Crippen LogP contribution in [-0.2, 0) is 0 Å². The standard InChI is InChI=1S/C13H25N3O/c14-9-4-10-16(12-7-1-2-8-12)13(17)15-11-5-3-6-11/h11-12H,1-10,14H2,(H,15,17). The van der Waals surface area contributed by atoms with E-state index in [0.29, 0.717) is 18.6 Å². The predicted octanol–water partition coefficient (Wildman–Crippen LogP) is 1.84. The third-order valence-corrected chi connectivity index (χ3v) is 4.06. The Bertz CT molecular complexity index is 247. The summed E-state index contributed by atoms with van der Waals surface area (Å²) in [6.45, 7) is 1.49. The fourth-order valence-electron chi connectivity index (χ4n) is 2.74. The molecule has 0 unspecified atom stereocenters. The number of amides is 2. The average molecular weight is 239 g/mol. The molecule has 0 radical (unpaired) electrons. The van der Waals surface area contributed by atoms with Crippen LogP contribution in [0.5, 0.6) is 0 Å². The SMILES string of the molecule is NCCCN(C(=O)NC1CCC1)C1CCCC1. The Balaban J connectivity index is 1.85. The normalized spacial score (nSPS) is 21.2. The van der Waals surface area contributed by atoms with Gasteiger partial charge in [0.05, 0.1) is 0 Å². The van der Waals surface area contributed by atoms with Gasteiger partial charge in [0.15, 0.2) is 0 Å². The molecule has 2 fully saturated rings. The van der Waals surface area contributed by atoms with Gasteiger partial charge in [-0.3, -0.25) is 0 Å². The van der Waals surface area contributed by atoms with Crippen LogP contribution in [-0.4, -0.2) is 36.1 Å². The number of hydrogen-bond acceptors (Lipinski definition) is 2. The molecule has 2 aliphatic carbocycles. The second kappa shape index (κ2) is 6.24. The maximum Gasteiger partial charge on any atom is 0.317 e. The van der Waals surface area contributed by atoms with Crippen molar-refractivity contribution < 1.29 is 4.79 Å². The lowest BCUT2D eigenvalue weighted by atomic mass is 9.93. The molecule has 0 atom stereocenters. The van der Waals surface area contributed by atoms with Crippen molar-refractivity contribution in [2.45, 2.75) is 63.5 Å². The minimum Gasteiger partial charge on any atom is -0.335 e. The molecule has 2 aliphatic rings. The van der Waals surface area contributed by atoms with Gasteiger partial charge in [-0.1, -0.05) is 12.8 Å². The van der Waals surface area contributed by atoms with Crippen molar-refractivity contribution in [2.24, 2.45) is 5.73 Å². The molecule has 0 aromatic carbocycles. The fraction of sp³-hybridized carbons (Fsp3) is 0.923. The zero-order valence-electron chi connectivity index (χ0n) is 10.7. The number of nitrogens with zero attached hydrogens (tertiary/aromatic N) is 1. The average Bonchev–Trinajstić information content (AvgIpc) is 2.77. The number of rotatable bonds is 5. The molecule has 3 N–H and O–H groups in total. The van der Waals surface area contributed by atoms with Gasteiger partial charge >= 0.3 is 6.03 Å². The molecule has 0 heterocycles. The molecule has 0 aliphatic heterocycles. The minimum absolute atomic E-state index is 0.148. The second-order valence-electron chi connectivity index (χ2n) is 5.35. The lowest BCUT2D eigenvalue weighted by molar-refractivity contribution is 0.164. The molecule has 2 saturated carbocycles. The Morgan fingerprint density at radius 2 is 1.88 bits per heavy atom. The van der Waals surface area contributed by atoms with Crippen molar-refractivity contribution in [1.82, 2.24) is 10.2 Å². The van der Waals surface area contributed by atoms with Gasteiger partial charge in [0.25, 0.3) is 0 Å². The largest absolute Gasteiger partial charge is 0.335 e. The third-order valence-electron chi connectivity index (χ3n) is 4.06. The predicted molar refractivity (Wildman–Crippen MR) is 68.8 cm³/mol. The second-order valence-corrected chi connectivity index (χ2v) is 5.35. The van der Waals surface area contributed by atoms with Gasteiger partial charge in [-0.05, 0) is 45.1 Å². The Morgan fingerprint density at radius 1 is 1.18 bits per heavy atom. The molecule has 0 spiro atoms. The Hall–Kier alpha value is -0.770. The first-order valence-corrected chi connectivity index (χ1v) is 7.08. The maximum absolute atomic E-state index is 12.2. The van der Waals surface area contributed by atoms with Crippen LogP contribution in [0.4, 0.5) is 4.79 Å². The Morgan fingerprint density at radius 3 is 2.41 bits per heavy atom. The van der Waals surface area contributed by atoms with Crippen LogP contribution < -0.4 is 11.1 Å². The van der Waals surface area contributed by atoms with Crippen LogP contribution in [0.3, 0.4) is 0 Å². The first kappa shape index (κ1) is 12.7. The topological polar surface area (TPSA) is 58.4 Å². The summed E-state index contributed by atoms with van der Waals surface area (Å²) in [5.74, 6) is 0. The van der Waals surface area contributed by atoms with Crippen LogP contribution in [0.15, 0.2) is 0 Å². The van der Waals surface area contributed by atoms with E-state index < -0.39 is 0 Å². The van der Waals surface area contributed by atoms with E-state index in [9.17, 15) is 4.79 Å². The smallest absolute Gasteiger partial charge is 0.317 e. The van der Waals surface area contributed by atoms with E-state index in [2.05, 4.69) is 5.32 Å². The van der Waals surface area contributed by atoms with Crippen molar-refractivity contribution in [1.29, 1.82) is 0 Å². The van der Waals surface area contributed by atoms with Crippen LogP contribution in [0.25, 0.3) is 0 Å². The quantitative estimate of drug-likeness (QED) is 0.769. The maximum atomic E-state index is 12.2. The van der Waals surface area contributed by atoms with Crippen molar-refractivity contribution in [3.8, 4) is 0 Å². The zero-order chi connectivity index (χ0) is 12.1. The number of carbonyl (C=O) groups excluding carboxylic acids is 1. The van der Waals surface area contributed by atoms with E-state index in [1.54, 1.807) is 0 Å². The molecule has 0 aromatic heterocycles. The fourth-order valence-corrected chi connectivity index (χ4v) is 2.74. The van der Waals surface area contributed by atoms with E-state index in [-0.39, 0.29) is 6.03 Å². The molecule has 0 bridgehead atoms. The highest BCUT2D eigenvalue weighted by Crippen LogP contribution is 2.24. The van der Waals surface area contributed by atoms with Crippen LogP contribution in [0.1, 0.15) is 51.4 Å². The molecule has 4 heteroatoms. The first-order valence-electron chi connectivity index (χ1n) is 7.08. The highest BCUT2D eigenvalue weighted by molar-refractivity contribution is 5.75. The van der Waals surface area contributed by atoms with E-state index in [1.165, 1.54) is 32.1 Å². The van der Waals surface area contributed by atoms with E-state index in [1.807, 2.05) is 4.90 Å². The van der Waals surface area contributed by atoms with Gasteiger partial charge in [-0.2, -0.15) is 0 Å². The summed E-state index contributed by atoms with van der Waals surface area (Å²) in [5, 5.41) is 3.15. The molecule has 17 heavy (non-hydrogen) atoms. The molecule has 4 nitrogen and oxygen atoms in total. The first-order chi connectivity index (χ1) is 8.31. The van der Waals surface area contributed by atoms with Gasteiger partial charge in [0, 0.05) is 18.6 Å². The molecular weight excluding hydrogens is 214 g/mol. The van der Waals surface area contributed by atoms with Gasteiger partial charge in [-0.15, -0.1) is 0 Å². The monoisotopic (exact) mass is 239 g/mol.